The first kappa shape index (κ1) is 9.73. The standard InChI is InChI=1S/C11H12N2O2/c1-2-15-11(14)10-9(12)7-5-3-4-6-8(7)13-10/h3-6,13H,2,12H2,1H3/p+1. The quantitative estimate of drug-likeness (QED) is 0.723. The number of rotatable bonds is 2. The zero-order chi connectivity index (χ0) is 10.8. The zero-order valence-corrected chi connectivity index (χ0v) is 8.54. The van der Waals surface area contributed by atoms with Crippen LogP contribution in [0.4, 0.5) is 5.69 Å². The summed E-state index contributed by atoms with van der Waals surface area (Å²) in [5, 5.41) is 0.959. The van der Waals surface area contributed by atoms with E-state index in [1.165, 1.54) is 0 Å². The summed E-state index contributed by atoms with van der Waals surface area (Å²) in [6, 6.07) is 7.66. The fourth-order valence-electron chi connectivity index (χ4n) is 1.58. The normalized spacial score (nSPS) is 10.5. The van der Waals surface area contributed by atoms with E-state index in [-0.39, 0.29) is 5.97 Å². The van der Waals surface area contributed by atoms with Gasteiger partial charge in [0.1, 0.15) is 0 Å². The first-order valence-corrected chi connectivity index (χ1v) is 4.83. The Bertz CT molecular complexity index is 502. The van der Waals surface area contributed by atoms with Crippen molar-refractivity contribution in [2.75, 3.05) is 6.61 Å². The lowest BCUT2D eigenvalue weighted by Gasteiger charge is -1.97. The van der Waals surface area contributed by atoms with Gasteiger partial charge in [0, 0.05) is 0 Å². The maximum atomic E-state index is 11.5. The molecule has 0 saturated heterocycles. The molecule has 0 aliphatic carbocycles. The van der Waals surface area contributed by atoms with Crippen LogP contribution < -0.4 is 5.73 Å². The minimum atomic E-state index is -0.348. The molecule has 0 radical (unpaired) electrons. The molecular formula is C11H13N2O2+. The van der Waals surface area contributed by atoms with E-state index in [1.807, 2.05) is 24.3 Å². The predicted octanol–water partition coefficient (Wildman–Crippen LogP) is 1.22. The Morgan fingerprint density at radius 3 is 2.87 bits per heavy atom. The minimum absolute atomic E-state index is 0.348. The average molecular weight is 205 g/mol. The zero-order valence-electron chi connectivity index (χ0n) is 8.54. The van der Waals surface area contributed by atoms with Gasteiger partial charge in [0.2, 0.25) is 0 Å². The van der Waals surface area contributed by atoms with Crippen molar-refractivity contribution in [3.8, 4) is 0 Å². The van der Waals surface area contributed by atoms with Crippen LogP contribution in [0.2, 0.25) is 0 Å². The molecule has 0 fully saturated rings. The molecule has 0 amide bonds. The van der Waals surface area contributed by atoms with Gasteiger partial charge in [-0.1, -0.05) is 12.1 Å². The third-order valence-corrected chi connectivity index (χ3v) is 2.29. The lowest BCUT2D eigenvalue weighted by atomic mass is 10.2. The van der Waals surface area contributed by atoms with Crippen LogP contribution in [0, 0.1) is 0 Å². The van der Waals surface area contributed by atoms with E-state index in [4.69, 9.17) is 4.74 Å². The van der Waals surface area contributed by atoms with Gasteiger partial charge < -0.3 is 15.5 Å². The van der Waals surface area contributed by atoms with Crippen LogP contribution in [-0.4, -0.2) is 17.6 Å². The second-order valence-electron chi connectivity index (χ2n) is 3.24. The van der Waals surface area contributed by atoms with E-state index in [1.54, 1.807) is 6.92 Å². The summed E-state index contributed by atoms with van der Waals surface area (Å²) in [6.45, 7) is 2.15. The maximum absolute atomic E-state index is 11.5. The van der Waals surface area contributed by atoms with Crippen molar-refractivity contribution in [2.24, 2.45) is 0 Å². The van der Waals surface area contributed by atoms with Crippen molar-refractivity contribution in [2.45, 2.75) is 6.92 Å². The predicted molar refractivity (Wildman–Crippen MR) is 56.8 cm³/mol. The first-order valence-electron chi connectivity index (χ1n) is 4.83. The molecule has 0 aliphatic rings. The van der Waals surface area contributed by atoms with Crippen LogP contribution >= 0.6 is 0 Å². The molecule has 2 rings (SSSR count). The maximum Gasteiger partial charge on any atom is 0.361 e. The molecule has 0 atom stereocenters. The molecular weight excluding hydrogens is 192 g/mol. The second-order valence-corrected chi connectivity index (χ2v) is 3.24. The van der Waals surface area contributed by atoms with Crippen molar-refractivity contribution in [1.82, 2.24) is 4.98 Å². The number of esters is 1. The summed E-state index contributed by atoms with van der Waals surface area (Å²) in [7, 11) is 0. The number of hydrogen-bond acceptors (Lipinski definition) is 2. The molecule has 0 bridgehead atoms. The lowest BCUT2D eigenvalue weighted by Crippen LogP contribution is -2.41. The van der Waals surface area contributed by atoms with Gasteiger partial charge >= 0.3 is 5.97 Å². The van der Waals surface area contributed by atoms with Crippen LogP contribution in [-0.2, 0) is 4.74 Å². The van der Waals surface area contributed by atoms with Crippen molar-refractivity contribution >= 4 is 22.6 Å². The topological polar surface area (TPSA) is 69.7 Å². The van der Waals surface area contributed by atoms with Crippen LogP contribution in [0.5, 0.6) is 0 Å². The third kappa shape index (κ3) is 1.59. The van der Waals surface area contributed by atoms with Gasteiger partial charge in [-0.25, -0.2) is 4.79 Å². The van der Waals surface area contributed by atoms with E-state index in [9.17, 15) is 4.79 Å². The number of hydrogen-bond donors (Lipinski definition) is 2. The number of aromatic amines is 1. The molecule has 4 N–H and O–H groups in total. The lowest BCUT2D eigenvalue weighted by molar-refractivity contribution is -0.253. The van der Waals surface area contributed by atoms with Crippen molar-refractivity contribution in [3.05, 3.63) is 30.0 Å². The monoisotopic (exact) mass is 205 g/mol. The number of carbonyl (C=O) groups is 1. The average Bonchev–Trinajstić information content (AvgIpc) is 2.57. The molecule has 1 heterocycles. The van der Waals surface area contributed by atoms with Crippen LogP contribution in [0.3, 0.4) is 0 Å². The Morgan fingerprint density at radius 1 is 1.47 bits per heavy atom. The largest absolute Gasteiger partial charge is 0.461 e. The van der Waals surface area contributed by atoms with E-state index >= 15 is 0 Å². The summed E-state index contributed by atoms with van der Waals surface area (Å²) >= 11 is 0. The van der Waals surface area contributed by atoms with Gasteiger partial charge in [-0.05, 0) is 19.1 Å². The van der Waals surface area contributed by atoms with E-state index < -0.39 is 0 Å². The molecule has 4 heteroatoms. The molecule has 0 saturated carbocycles. The van der Waals surface area contributed by atoms with Crippen molar-refractivity contribution in [3.63, 3.8) is 0 Å². The van der Waals surface area contributed by atoms with E-state index in [0.717, 1.165) is 10.9 Å². The highest BCUT2D eigenvalue weighted by Crippen LogP contribution is 2.23. The van der Waals surface area contributed by atoms with Crippen molar-refractivity contribution in [1.29, 1.82) is 0 Å². The van der Waals surface area contributed by atoms with Gasteiger partial charge in [0.05, 0.1) is 17.5 Å². The molecule has 0 unspecified atom stereocenters. The van der Waals surface area contributed by atoms with Crippen LogP contribution in [0.1, 0.15) is 17.4 Å². The molecule has 78 valence electrons. The van der Waals surface area contributed by atoms with Gasteiger partial charge in [-0.2, -0.15) is 0 Å². The first-order chi connectivity index (χ1) is 7.24. The number of carbonyl (C=O) groups excluding carboxylic acids is 1. The van der Waals surface area contributed by atoms with Gasteiger partial charge in [0.25, 0.3) is 0 Å². The summed E-state index contributed by atoms with van der Waals surface area (Å²) < 4.78 is 4.93. The highest BCUT2D eigenvalue weighted by atomic mass is 16.5. The molecule has 0 spiro atoms. The summed E-state index contributed by atoms with van der Waals surface area (Å²) in [4.78, 5) is 14.6. The number of ether oxygens (including phenoxy) is 1. The van der Waals surface area contributed by atoms with E-state index in [0.29, 0.717) is 18.0 Å². The van der Waals surface area contributed by atoms with E-state index in [2.05, 4.69) is 10.7 Å². The Morgan fingerprint density at radius 2 is 2.20 bits per heavy atom. The van der Waals surface area contributed by atoms with Crippen molar-refractivity contribution < 1.29 is 15.3 Å². The number of aromatic nitrogens is 1. The number of benzene rings is 1. The summed E-state index contributed by atoms with van der Waals surface area (Å²) in [5.74, 6) is -0.348. The number of fused-ring (bicyclic) bond motifs is 1. The van der Waals surface area contributed by atoms with Gasteiger partial charge in [-0.3, -0.25) is 0 Å². The number of para-hydroxylation sites is 1. The summed E-state index contributed by atoms with van der Waals surface area (Å²) in [6.07, 6.45) is 0. The molecule has 4 nitrogen and oxygen atoms in total. The Labute approximate surface area is 87.0 Å². The minimum Gasteiger partial charge on any atom is -0.461 e. The Hall–Kier alpha value is -1.81. The highest BCUT2D eigenvalue weighted by Gasteiger charge is 2.18. The molecule has 1 aromatic carbocycles. The fraction of sp³-hybridized carbons (Fsp3) is 0.182. The number of H-pyrrole nitrogens is 1. The Kier molecular flexibility index (Phi) is 2.43. The number of nitrogens with one attached hydrogen (secondary N) is 1. The Balaban J connectivity index is 2.53. The highest BCUT2D eigenvalue weighted by molar-refractivity contribution is 6.02. The van der Waals surface area contributed by atoms with Gasteiger partial charge in [-0.15, -0.1) is 0 Å². The SMILES string of the molecule is CCOC(=O)c1[nH]c2ccccc2c1[NH3+]. The fourth-order valence-corrected chi connectivity index (χ4v) is 1.58. The van der Waals surface area contributed by atoms with Gasteiger partial charge in [0.15, 0.2) is 11.4 Å². The molecule has 2 aromatic rings. The third-order valence-electron chi connectivity index (χ3n) is 2.29. The second kappa shape index (κ2) is 3.74. The van der Waals surface area contributed by atoms with Crippen LogP contribution in [0.15, 0.2) is 24.3 Å². The smallest absolute Gasteiger partial charge is 0.361 e. The molecule has 0 aliphatic heterocycles. The summed E-state index contributed by atoms with van der Waals surface area (Å²) in [5.41, 5.74) is 5.93. The molecule has 1 aromatic heterocycles. The number of quaternary nitrogens is 1. The van der Waals surface area contributed by atoms with Crippen LogP contribution in [0.25, 0.3) is 10.9 Å². The molecule has 15 heavy (non-hydrogen) atoms.